The van der Waals surface area contributed by atoms with Crippen molar-refractivity contribution >= 4 is 53.1 Å². The van der Waals surface area contributed by atoms with E-state index in [0.29, 0.717) is 12.2 Å². The summed E-state index contributed by atoms with van der Waals surface area (Å²) in [5, 5.41) is 11.5. The Labute approximate surface area is 188 Å². The number of anilines is 1. The molecular formula is C20H29IN4O2S. The molecule has 0 saturated carbocycles. The van der Waals surface area contributed by atoms with Crippen LogP contribution in [0.3, 0.4) is 0 Å². The predicted molar refractivity (Wildman–Crippen MR) is 128 cm³/mol. The van der Waals surface area contributed by atoms with E-state index in [4.69, 9.17) is 0 Å². The van der Waals surface area contributed by atoms with Crippen molar-refractivity contribution in [1.82, 2.24) is 10.6 Å². The Balaban J connectivity index is 0.00000392. The molecule has 1 aromatic carbocycles. The van der Waals surface area contributed by atoms with E-state index in [-0.39, 0.29) is 29.4 Å². The number of carbonyl (C=O) groups excluding carboxylic acids is 1. The number of hydrogen-bond acceptors (Lipinski definition) is 4. The molecule has 28 heavy (non-hydrogen) atoms. The molecule has 0 aliphatic heterocycles. The van der Waals surface area contributed by atoms with Gasteiger partial charge < -0.3 is 15.4 Å². The van der Waals surface area contributed by atoms with Gasteiger partial charge in [0, 0.05) is 29.1 Å². The number of carbonyl (C=O) groups is 1. The monoisotopic (exact) mass is 516 g/mol. The smallest absolute Gasteiger partial charge is 0.411 e. The van der Waals surface area contributed by atoms with Crippen LogP contribution >= 0.6 is 35.3 Å². The summed E-state index contributed by atoms with van der Waals surface area (Å²) in [6, 6.07) is 11.8. The van der Waals surface area contributed by atoms with Crippen molar-refractivity contribution in [1.29, 1.82) is 0 Å². The maximum absolute atomic E-state index is 11.2. The number of halogens is 1. The summed E-state index contributed by atoms with van der Waals surface area (Å²) in [4.78, 5) is 17.2. The molecule has 0 radical (unpaired) electrons. The lowest BCUT2D eigenvalue weighted by molar-refractivity contribution is 0.187. The lowest BCUT2D eigenvalue weighted by Crippen LogP contribution is -2.43. The number of methoxy groups -OCH3 is 1. The van der Waals surface area contributed by atoms with Gasteiger partial charge in [0.15, 0.2) is 5.96 Å². The van der Waals surface area contributed by atoms with Crippen molar-refractivity contribution in [3.05, 3.63) is 52.2 Å². The van der Waals surface area contributed by atoms with Crippen LogP contribution in [0.15, 0.2) is 46.8 Å². The summed E-state index contributed by atoms with van der Waals surface area (Å²) in [6.07, 6.45) is -0.479. The molecule has 1 amide bonds. The quantitative estimate of drug-likeness (QED) is 0.286. The standard InChI is InChI=1S/C20H28N4O2S.HI/c1-5-21-18(23-14-20(2,3)17-7-6-12-27-17)22-13-15-8-10-16(11-9-15)24-19(25)26-4;/h6-12H,5,13-14H2,1-4H3,(H,24,25)(H2,21,22,23);1H. The fourth-order valence-corrected chi connectivity index (χ4v) is 3.28. The zero-order chi connectivity index (χ0) is 19.7. The molecule has 3 N–H and O–H groups in total. The largest absolute Gasteiger partial charge is 0.453 e. The van der Waals surface area contributed by atoms with Crippen LogP contribution in [-0.4, -0.2) is 32.3 Å². The highest BCUT2D eigenvalue weighted by Crippen LogP contribution is 2.26. The van der Waals surface area contributed by atoms with Crippen LogP contribution in [0.25, 0.3) is 0 Å². The number of amides is 1. The highest BCUT2D eigenvalue weighted by molar-refractivity contribution is 14.0. The van der Waals surface area contributed by atoms with Gasteiger partial charge in [0.1, 0.15) is 0 Å². The van der Waals surface area contributed by atoms with Gasteiger partial charge in [-0.1, -0.05) is 32.0 Å². The summed E-state index contributed by atoms with van der Waals surface area (Å²) in [6.45, 7) is 8.64. The number of hydrogen-bond donors (Lipinski definition) is 3. The van der Waals surface area contributed by atoms with E-state index in [2.05, 4.69) is 64.0 Å². The van der Waals surface area contributed by atoms with E-state index < -0.39 is 6.09 Å². The Hall–Kier alpha value is -1.81. The molecule has 0 saturated heterocycles. The minimum absolute atomic E-state index is 0. The maximum atomic E-state index is 11.2. The second-order valence-electron chi connectivity index (χ2n) is 6.72. The highest BCUT2D eigenvalue weighted by Gasteiger charge is 2.21. The third kappa shape index (κ3) is 7.67. The van der Waals surface area contributed by atoms with Crippen LogP contribution in [0.2, 0.25) is 0 Å². The SMILES string of the molecule is CCNC(=NCc1ccc(NC(=O)OC)cc1)NCC(C)(C)c1cccs1.I. The molecule has 154 valence electrons. The van der Waals surface area contributed by atoms with Crippen LogP contribution < -0.4 is 16.0 Å². The van der Waals surface area contributed by atoms with Gasteiger partial charge in [-0.05, 0) is 36.1 Å². The molecule has 0 bridgehead atoms. The van der Waals surface area contributed by atoms with Crippen molar-refractivity contribution in [2.75, 3.05) is 25.5 Å². The predicted octanol–water partition coefficient (Wildman–Crippen LogP) is 4.58. The summed E-state index contributed by atoms with van der Waals surface area (Å²) in [5.41, 5.74) is 1.78. The number of benzene rings is 1. The average Bonchev–Trinajstić information content (AvgIpc) is 3.21. The first-order chi connectivity index (χ1) is 12.9. The molecule has 0 aliphatic carbocycles. The van der Waals surface area contributed by atoms with Crippen molar-refractivity contribution in [3.8, 4) is 0 Å². The van der Waals surface area contributed by atoms with Crippen LogP contribution in [0, 0.1) is 0 Å². The number of rotatable bonds is 7. The third-order valence-electron chi connectivity index (χ3n) is 4.04. The van der Waals surface area contributed by atoms with Crippen molar-refractivity contribution in [2.45, 2.75) is 32.7 Å². The average molecular weight is 516 g/mol. The van der Waals surface area contributed by atoms with Gasteiger partial charge in [-0.25, -0.2) is 9.79 Å². The molecular weight excluding hydrogens is 487 g/mol. The zero-order valence-electron chi connectivity index (χ0n) is 16.7. The second-order valence-corrected chi connectivity index (χ2v) is 7.67. The number of thiophene rings is 1. The molecule has 0 spiro atoms. The van der Waals surface area contributed by atoms with Crippen LogP contribution in [-0.2, 0) is 16.7 Å². The number of guanidine groups is 1. The van der Waals surface area contributed by atoms with E-state index in [1.165, 1.54) is 12.0 Å². The second kappa shape index (κ2) is 11.9. The Kier molecular flexibility index (Phi) is 10.3. The van der Waals surface area contributed by atoms with Crippen molar-refractivity contribution < 1.29 is 9.53 Å². The summed E-state index contributed by atoms with van der Waals surface area (Å²) in [7, 11) is 1.34. The van der Waals surface area contributed by atoms with Gasteiger partial charge in [0.25, 0.3) is 0 Å². The molecule has 0 atom stereocenters. The molecule has 8 heteroatoms. The number of nitrogens with zero attached hydrogens (tertiary/aromatic N) is 1. The summed E-state index contributed by atoms with van der Waals surface area (Å²) >= 11 is 1.77. The molecule has 2 rings (SSSR count). The van der Waals surface area contributed by atoms with Crippen LogP contribution in [0.5, 0.6) is 0 Å². The van der Waals surface area contributed by atoms with Gasteiger partial charge in [-0.2, -0.15) is 0 Å². The first-order valence-corrected chi connectivity index (χ1v) is 9.82. The molecule has 0 aliphatic rings. The van der Waals surface area contributed by atoms with Gasteiger partial charge in [0.2, 0.25) is 0 Å². The molecule has 6 nitrogen and oxygen atoms in total. The summed E-state index contributed by atoms with van der Waals surface area (Å²) in [5.74, 6) is 0.791. The van der Waals surface area contributed by atoms with Gasteiger partial charge in [-0.3, -0.25) is 5.32 Å². The lowest BCUT2D eigenvalue weighted by atomic mass is 9.91. The lowest BCUT2D eigenvalue weighted by Gasteiger charge is -2.25. The zero-order valence-corrected chi connectivity index (χ0v) is 19.9. The minimum Gasteiger partial charge on any atom is -0.453 e. The molecule has 1 heterocycles. The third-order valence-corrected chi connectivity index (χ3v) is 5.27. The van der Waals surface area contributed by atoms with Gasteiger partial charge in [-0.15, -0.1) is 35.3 Å². The highest BCUT2D eigenvalue weighted by atomic mass is 127. The van der Waals surface area contributed by atoms with Gasteiger partial charge in [0.05, 0.1) is 13.7 Å². The number of nitrogens with one attached hydrogen (secondary N) is 3. The Bertz CT molecular complexity index is 746. The van der Waals surface area contributed by atoms with E-state index in [9.17, 15) is 4.79 Å². The van der Waals surface area contributed by atoms with E-state index in [0.717, 1.165) is 24.6 Å². The Morgan fingerprint density at radius 3 is 2.46 bits per heavy atom. The summed E-state index contributed by atoms with van der Waals surface area (Å²) < 4.78 is 4.58. The topological polar surface area (TPSA) is 74.8 Å². The first-order valence-electron chi connectivity index (χ1n) is 8.94. The maximum Gasteiger partial charge on any atom is 0.411 e. The van der Waals surface area contributed by atoms with E-state index in [1.54, 1.807) is 11.3 Å². The molecule has 1 aromatic heterocycles. The van der Waals surface area contributed by atoms with Crippen molar-refractivity contribution in [2.24, 2.45) is 4.99 Å². The normalized spacial score (nSPS) is 11.4. The van der Waals surface area contributed by atoms with E-state index >= 15 is 0 Å². The van der Waals surface area contributed by atoms with Crippen LogP contribution in [0.1, 0.15) is 31.2 Å². The number of aliphatic imine (C=N–C) groups is 1. The fourth-order valence-electron chi connectivity index (χ4n) is 2.43. The Morgan fingerprint density at radius 1 is 1.18 bits per heavy atom. The first kappa shape index (κ1) is 24.2. The van der Waals surface area contributed by atoms with Crippen molar-refractivity contribution in [3.63, 3.8) is 0 Å². The number of ether oxygens (including phenoxy) is 1. The molecule has 0 unspecified atom stereocenters. The van der Waals surface area contributed by atoms with Gasteiger partial charge >= 0.3 is 6.09 Å². The fraction of sp³-hybridized carbons (Fsp3) is 0.400. The molecule has 0 fully saturated rings. The molecule has 2 aromatic rings. The Morgan fingerprint density at radius 2 is 1.89 bits per heavy atom. The van der Waals surface area contributed by atoms with E-state index in [1.807, 2.05) is 24.3 Å². The minimum atomic E-state index is -0.479. The van der Waals surface area contributed by atoms with Crippen LogP contribution in [0.4, 0.5) is 10.5 Å².